The van der Waals surface area contributed by atoms with Crippen molar-refractivity contribution in [3.63, 3.8) is 0 Å². The van der Waals surface area contributed by atoms with E-state index >= 15 is 0 Å². The van der Waals surface area contributed by atoms with Crippen molar-refractivity contribution in [2.45, 2.75) is 38.5 Å². The molecule has 0 radical (unpaired) electrons. The molecular weight excluding hydrogens is 290 g/mol. The van der Waals surface area contributed by atoms with Gasteiger partial charge in [0.2, 0.25) is 0 Å². The summed E-state index contributed by atoms with van der Waals surface area (Å²) in [6.07, 6.45) is 6.12. The van der Waals surface area contributed by atoms with Gasteiger partial charge in [-0.3, -0.25) is 14.7 Å². The van der Waals surface area contributed by atoms with Crippen LogP contribution in [0.2, 0.25) is 0 Å². The van der Waals surface area contributed by atoms with Gasteiger partial charge in [-0.25, -0.2) is 0 Å². The van der Waals surface area contributed by atoms with Crippen molar-refractivity contribution in [3.8, 4) is 0 Å². The summed E-state index contributed by atoms with van der Waals surface area (Å²) < 4.78 is 0. The third kappa shape index (κ3) is 2.79. The van der Waals surface area contributed by atoms with Crippen molar-refractivity contribution < 1.29 is 9.59 Å². The highest BCUT2D eigenvalue weighted by Gasteiger charge is 2.30. The van der Waals surface area contributed by atoms with Gasteiger partial charge in [0.15, 0.2) is 11.5 Å². The predicted octanol–water partition coefficient (Wildman–Crippen LogP) is 3.13. The molecule has 23 heavy (non-hydrogen) atoms. The van der Waals surface area contributed by atoms with E-state index in [-0.39, 0.29) is 17.6 Å². The highest BCUT2D eigenvalue weighted by molar-refractivity contribution is 6.04. The molecule has 0 atom stereocenters. The number of ketones is 1. The Morgan fingerprint density at radius 1 is 1.09 bits per heavy atom. The van der Waals surface area contributed by atoms with E-state index in [0.29, 0.717) is 11.4 Å². The quantitative estimate of drug-likeness (QED) is 0.852. The van der Waals surface area contributed by atoms with Crippen molar-refractivity contribution in [2.75, 3.05) is 5.32 Å². The lowest BCUT2D eigenvalue weighted by Crippen LogP contribution is -2.15. The van der Waals surface area contributed by atoms with Gasteiger partial charge in [0, 0.05) is 28.4 Å². The van der Waals surface area contributed by atoms with Crippen molar-refractivity contribution >= 4 is 17.4 Å². The standard InChI is InChI=1S/C18H19N3O2/c22-17(11-5-6-11)12-7-9-13(10-8-12)19-18(23)16-14-3-1-2-4-15(14)20-21-16/h7-11H,1-6H2,(H,19,23)(H,20,21). The largest absolute Gasteiger partial charge is 0.321 e. The molecule has 2 aliphatic carbocycles. The summed E-state index contributed by atoms with van der Waals surface area (Å²) in [5.74, 6) is 0.237. The monoisotopic (exact) mass is 309 g/mol. The number of carbonyl (C=O) groups excluding carboxylic acids is 2. The topological polar surface area (TPSA) is 74.8 Å². The number of benzene rings is 1. The molecule has 5 heteroatoms. The van der Waals surface area contributed by atoms with E-state index in [9.17, 15) is 9.59 Å². The van der Waals surface area contributed by atoms with Crippen LogP contribution < -0.4 is 5.32 Å². The molecule has 1 saturated carbocycles. The summed E-state index contributed by atoms with van der Waals surface area (Å²) in [6, 6.07) is 7.14. The molecule has 2 N–H and O–H groups in total. The summed E-state index contributed by atoms with van der Waals surface area (Å²) >= 11 is 0. The fourth-order valence-electron chi connectivity index (χ4n) is 3.16. The molecule has 118 valence electrons. The first kappa shape index (κ1) is 14.2. The number of H-pyrrole nitrogens is 1. The van der Waals surface area contributed by atoms with E-state index in [1.54, 1.807) is 24.3 Å². The zero-order valence-electron chi connectivity index (χ0n) is 12.9. The zero-order chi connectivity index (χ0) is 15.8. The van der Waals surface area contributed by atoms with Crippen molar-refractivity contribution in [3.05, 3.63) is 46.8 Å². The van der Waals surface area contributed by atoms with E-state index in [0.717, 1.165) is 55.3 Å². The fraction of sp³-hybridized carbons (Fsp3) is 0.389. The molecule has 1 amide bonds. The Balaban J connectivity index is 1.48. The summed E-state index contributed by atoms with van der Waals surface area (Å²) in [7, 11) is 0. The van der Waals surface area contributed by atoms with Crippen LogP contribution in [0.25, 0.3) is 0 Å². The second-order valence-corrected chi connectivity index (χ2v) is 6.41. The minimum atomic E-state index is -0.189. The SMILES string of the molecule is O=C(Nc1ccc(C(=O)C2CC2)cc1)c1n[nH]c2c1CCCC2. The lowest BCUT2D eigenvalue weighted by Gasteiger charge is -2.11. The number of anilines is 1. The molecule has 0 saturated heterocycles. The van der Waals surface area contributed by atoms with Crippen molar-refractivity contribution in [1.29, 1.82) is 0 Å². The third-order valence-electron chi connectivity index (χ3n) is 4.65. The number of carbonyl (C=O) groups is 2. The molecule has 4 rings (SSSR count). The summed E-state index contributed by atoms with van der Waals surface area (Å²) in [6.45, 7) is 0. The molecule has 1 aromatic heterocycles. The molecular formula is C18H19N3O2. The minimum Gasteiger partial charge on any atom is -0.321 e. The first-order valence-corrected chi connectivity index (χ1v) is 8.24. The number of amides is 1. The fourth-order valence-corrected chi connectivity index (χ4v) is 3.16. The van der Waals surface area contributed by atoms with Crippen LogP contribution in [0.15, 0.2) is 24.3 Å². The van der Waals surface area contributed by atoms with E-state index in [1.165, 1.54) is 0 Å². The van der Waals surface area contributed by atoms with Crippen LogP contribution in [-0.4, -0.2) is 21.9 Å². The second kappa shape index (κ2) is 5.65. The number of rotatable bonds is 4. The van der Waals surface area contributed by atoms with E-state index in [1.807, 2.05) is 0 Å². The van der Waals surface area contributed by atoms with Crippen LogP contribution in [0.1, 0.15) is 57.8 Å². The number of hydrogen-bond donors (Lipinski definition) is 2. The van der Waals surface area contributed by atoms with Crippen LogP contribution in [0.3, 0.4) is 0 Å². The van der Waals surface area contributed by atoms with Crippen LogP contribution >= 0.6 is 0 Å². The Morgan fingerprint density at radius 3 is 2.57 bits per heavy atom. The first-order valence-electron chi connectivity index (χ1n) is 8.24. The number of nitrogens with zero attached hydrogens (tertiary/aromatic N) is 1. The van der Waals surface area contributed by atoms with Crippen molar-refractivity contribution in [1.82, 2.24) is 10.2 Å². The van der Waals surface area contributed by atoms with Gasteiger partial charge < -0.3 is 5.32 Å². The molecule has 0 bridgehead atoms. The van der Waals surface area contributed by atoms with Gasteiger partial charge in [-0.05, 0) is 62.8 Å². The number of aromatic nitrogens is 2. The summed E-state index contributed by atoms with van der Waals surface area (Å²) in [4.78, 5) is 24.4. The van der Waals surface area contributed by atoms with Gasteiger partial charge in [0.05, 0.1) is 0 Å². The Kier molecular flexibility index (Phi) is 3.48. The maximum atomic E-state index is 12.4. The highest BCUT2D eigenvalue weighted by atomic mass is 16.2. The maximum Gasteiger partial charge on any atom is 0.276 e. The number of fused-ring (bicyclic) bond motifs is 1. The van der Waals surface area contributed by atoms with Crippen LogP contribution in [0, 0.1) is 5.92 Å². The molecule has 0 aliphatic heterocycles. The Bertz CT molecular complexity index is 757. The van der Waals surface area contributed by atoms with Gasteiger partial charge in [-0.1, -0.05) is 0 Å². The van der Waals surface area contributed by atoms with Gasteiger partial charge in [0.25, 0.3) is 5.91 Å². The van der Waals surface area contributed by atoms with Crippen LogP contribution in [0.4, 0.5) is 5.69 Å². The number of aryl methyl sites for hydroxylation is 1. The Labute approximate surface area is 134 Å². The average molecular weight is 309 g/mol. The number of hydrogen-bond acceptors (Lipinski definition) is 3. The predicted molar refractivity (Wildman–Crippen MR) is 86.7 cm³/mol. The Morgan fingerprint density at radius 2 is 1.83 bits per heavy atom. The Hall–Kier alpha value is -2.43. The lowest BCUT2D eigenvalue weighted by molar-refractivity contribution is 0.0967. The minimum absolute atomic E-state index is 0.189. The van der Waals surface area contributed by atoms with Gasteiger partial charge in [0.1, 0.15) is 0 Å². The summed E-state index contributed by atoms with van der Waals surface area (Å²) in [5.41, 5.74) is 4.05. The molecule has 0 unspecified atom stereocenters. The lowest BCUT2D eigenvalue weighted by atomic mass is 9.96. The smallest absolute Gasteiger partial charge is 0.276 e. The van der Waals surface area contributed by atoms with E-state index in [2.05, 4.69) is 15.5 Å². The zero-order valence-corrected chi connectivity index (χ0v) is 12.9. The van der Waals surface area contributed by atoms with Crippen LogP contribution in [-0.2, 0) is 12.8 Å². The first-order chi connectivity index (χ1) is 11.2. The molecule has 1 aromatic carbocycles. The molecule has 5 nitrogen and oxygen atoms in total. The van der Waals surface area contributed by atoms with Crippen LogP contribution in [0.5, 0.6) is 0 Å². The third-order valence-corrected chi connectivity index (χ3v) is 4.65. The number of aromatic amines is 1. The normalized spacial score (nSPS) is 16.7. The molecule has 2 aromatic rings. The highest BCUT2D eigenvalue weighted by Crippen LogP contribution is 2.32. The molecule has 1 fully saturated rings. The second-order valence-electron chi connectivity index (χ2n) is 6.41. The number of nitrogens with one attached hydrogen (secondary N) is 2. The van der Waals surface area contributed by atoms with Gasteiger partial charge in [-0.15, -0.1) is 0 Å². The van der Waals surface area contributed by atoms with E-state index < -0.39 is 0 Å². The molecule has 2 aliphatic rings. The van der Waals surface area contributed by atoms with Crippen molar-refractivity contribution in [2.24, 2.45) is 5.92 Å². The van der Waals surface area contributed by atoms with Gasteiger partial charge in [-0.2, -0.15) is 5.10 Å². The molecule has 1 heterocycles. The maximum absolute atomic E-state index is 12.4. The average Bonchev–Trinajstić information content (AvgIpc) is 3.34. The number of Topliss-reactive ketones (excluding diaryl/α,β-unsaturated/α-hetero) is 1. The van der Waals surface area contributed by atoms with E-state index in [4.69, 9.17) is 0 Å². The molecule has 0 spiro atoms. The summed E-state index contributed by atoms with van der Waals surface area (Å²) in [5, 5.41) is 10.0. The van der Waals surface area contributed by atoms with Gasteiger partial charge >= 0.3 is 0 Å².